The first-order valence-corrected chi connectivity index (χ1v) is 9.92. The molecule has 2 heterocycles. The van der Waals surface area contributed by atoms with E-state index in [1.54, 1.807) is 0 Å². The van der Waals surface area contributed by atoms with Crippen LogP contribution in [0.25, 0.3) is 0 Å². The average Bonchev–Trinajstić information content (AvgIpc) is 2.64. The highest BCUT2D eigenvalue weighted by Crippen LogP contribution is 2.41. The van der Waals surface area contributed by atoms with Crippen LogP contribution in [-0.4, -0.2) is 34.3 Å². The topological polar surface area (TPSA) is 32.7 Å². The van der Waals surface area contributed by atoms with E-state index in [0.717, 1.165) is 25.1 Å². The van der Waals surface area contributed by atoms with Gasteiger partial charge in [0, 0.05) is 25.0 Å². The molecule has 0 aliphatic carbocycles. The number of nitrogens with zero attached hydrogens (tertiary/aromatic N) is 1. The number of hydrogen-bond acceptors (Lipinski definition) is 3. The summed E-state index contributed by atoms with van der Waals surface area (Å²) in [6.45, 7) is 1.59. The van der Waals surface area contributed by atoms with Crippen LogP contribution in [0.3, 0.4) is 0 Å². The molecule has 3 heteroatoms. The van der Waals surface area contributed by atoms with Crippen LogP contribution in [0.2, 0.25) is 0 Å². The van der Waals surface area contributed by atoms with Gasteiger partial charge in [-0.05, 0) is 43.4 Å². The number of piperidine rings is 2. The van der Waals surface area contributed by atoms with Crippen molar-refractivity contribution < 1.29 is 9.84 Å². The molecular formula is C23H29NO2. The largest absolute Gasteiger partial charge is 0.493 e. The summed E-state index contributed by atoms with van der Waals surface area (Å²) in [7, 11) is 0. The van der Waals surface area contributed by atoms with Crippen molar-refractivity contribution in [1.82, 2.24) is 4.90 Å². The van der Waals surface area contributed by atoms with Crippen molar-refractivity contribution in [3.8, 4) is 5.75 Å². The molecule has 2 bridgehead atoms. The predicted octanol–water partition coefficient (Wildman–Crippen LogP) is 4.40. The van der Waals surface area contributed by atoms with E-state index < -0.39 is 5.60 Å². The van der Waals surface area contributed by atoms with Gasteiger partial charge in [0.1, 0.15) is 5.75 Å². The summed E-state index contributed by atoms with van der Waals surface area (Å²) in [6, 6.07) is 21.6. The lowest BCUT2D eigenvalue weighted by Crippen LogP contribution is -2.57. The number of para-hydroxylation sites is 1. The first-order valence-electron chi connectivity index (χ1n) is 9.92. The maximum atomic E-state index is 11.2. The Kier molecular flexibility index (Phi) is 5.28. The van der Waals surface area contributed by atoms with Gasteiger partial charge in [-0.15, -0.1) is 0 Å². The summed E-state index contributed by atoms with van der Waals surface area (Å²) in [5.41, 5.74) is 0.791. The molecule has 0 saturated carbocycles. The molecule has 2 atom stereocenters. The van der Waals surface area contributed by atoms with Gasteiger partial charge in [0.25, 0.3) is 0 Å². The average molecular weight is 351 g/mol. The standard InChI is InChI=1S/C23H29NO2/c25-23(14-15-26-22-12-5-2-6-13-22)16-20-10-7-11-21(17-23)24(20)18-19-8-3-1-4-9-19/h1-6,8-9,12-13,20-21,25H,7,10-11,14-18H2. The van der Waals surface area contributed by atoms with Crippen LogP contribution in [0.1, 0.15) is 44.1 Å². The van der Waals surface area contributed by atoms with Crippen LogP contribution in [-0.2, 0) is 6.54 Å². The molecule has 0 radical (unpaired) electrons. The van der Waals surface area contributed by atoms with Crippen molar-refractivity contribution in [3.63, 3.8) is 0 Å². The number of ether oxygens (including phenoxy) is 1. The zero-order valence-electron chi connectivity index (χ0n) is 15.4. The summed E-state index contributed by atoms with van der Waals surface area (Å²) in [6.07, 6.45) is 6.14. The first-order chi connectivity index (χ1) is 12.7. The first kappa shape index (κ1) is 17.6. The minimum atomic E-state index is -0.586. The van der Waals surface area contributed by atoms with E-state index in [2.05, 4.69) is 35.2 Å². The predicted molar refractivity (Wildman–Crippen MR) is 104 cm³/mol. The van der Waals surface area contributed by atoms with Crippen molar-refractivity contribution in [2.75, 3.05) is 6.61 Å². The number of fused-ring (bicyclic) bond motifs is 2. The van der Waals surface area contributed by atoms with Gasteiger partial charge in [0.05, 0.1) is 12.2 Å². The van der Waals surface area contributed by atoms with Crippen LogP contribution < -0.4 is 4.74 Å². The van der Waals surface area contributed by atoms with Gasteiger partial charge >= 0.3 is 0 Å². The molecule has 2 unspecified atom stereocenters. The Hall–Kier alpha value is -1.84. The maximum absolute atomic E-state index is 11.2. The third-order valence-electron chi connectivity index (χ3n) is 6.03. The van der Waals surface area contributed by atoms with Crippen molar-refractivity contribution in [2.45, 2.75) is 62.8 Å². The van der Waals surface area contributed by atoms with Crippen LogP contribution in [0.4, 0.5) is 0 Å². The molecule has 26 heavy (non-hydrogen) atoms. The molecule has 2 aromatic rings. The third kappa shape index (κ3) is 4.11. The normalized spacial score (nSPS) is 28.7. The fourth-order valence-electron chi connectivity index (χ4n) is 4.75. The van der Waals surface area contributed by atoms with Gasteiger partial charge in [0.2, 0.25) is 0 Å². The smallest absolute Gasteiger partial charge is 0.119 e. The molecule has 2 saturated heterocycles. The Bertz CT molecular complexity index is 674. The summed E-state index contributed by atoms with van der Waals surface area (Å²) in [5, 5.41) is 11.2. The Morgan fingerprint density at radius 3 is 2.19 bits per heavy atom. The van der Waals surface area contributed by atoms with Crippen LogP contribution in [0.5, 0.6) is 5.75 Å². The molecule has 3 nitrogen and oxygen atoms in total. The minimum Gasteiger partial charge on any atom is -0.493 e. The van der Waals surface area contributed by atoms with Crippen molar-refractivity contribution in [3.05, 3.63) is 66.2 Å². The molecule has 2 aliphatic heterocycles. The zero-order chi connectivity index (χ0) is 17.8. The van der Waals surface area contributed by atoms with Crippen LogP contribution in [0.15, 0.2) is 60.7 Å². The summed E-state index contributed by atoms with van der Waals surface area (Å²) >= 11 is 0. The van der Waals surface area contributed by atoms with Gasteiger partial charge in [-0.3, -0.25) is 4.90 Å². The lowest BCUT2D eigenvalue weighted by Gasteiger charge is -2.52. The molecule has 0 aromatic heterocycles. The van der Waals surface area contributed by atoms with Crippen LogP contribution in [0, 0.1) is 0 Å². The summed E-state index contributed by atoms with van der Waals surface area (Å²) in [4.78, 5) is 2.64. The Labute approximate surface area is 156 Å². The second kappa shape index (κ2) is 7.81. The Morgan fingerprint density at radius 1 is 0.923 bits per heavy atom. The van der Waals surface area contributed by atoms with E-state index in [-0.39, 0.29) is 0 Å². The summed E-state index contributed by atoms with van der Waals surface area (Å²) in [5.74, 6) is 0.887. The Morgan fingerprint density at radius 2 is 1.54 bits per heavy atom. The van der Waals surface area contributed by atoms with E-state index in [9.17, 15) is 5.11 Å². The monoisotopic (exact) mass is 351 g/mol. The molecule has 1 N–H and O–H groups in total. The highest BCUT2D eigenvalue weighted by atomic mass is 16.5. The van der Waals surface area contributed by atoms with E-state index in [4.69, 9.17) is 4.74 Å². The second-order valence-corrected chi connectivity index (χ2v) is 7.94. The van der Waals surface area contributed by atoms with E-state index in [1.165, 1.54) is 24.8 Å². The number of aliphatic hydroxyl groups is 1. The molecule has 4 rings (SSSR count). The molecule has 2 aliphatic rings. The fraction of sp³-hybridized carbons (Fsp3) is 0.478. The van der Waals surface area contributed by atoms with Gasteiger partial charge < -0.3 is 9.84 Å². The van der Waals surface area contributed by atoms with Crippen molar-refractivity contribution >= 4 is 0 Å². The fourth-order valence-corrected chi connectivity index (χ4v) is 4.75. The third-order valence-corrected chi connectivity index (χ3v) is 6.03. The molecule has 0 spiro atoms. The summed E-state index contributed by atoms with van der Waals surface area (Å²) < 4.78 is 5.84. The lowest BCUT2D eigenvalue weighted by molar-refractivity contribution is -0.103. The minimum absolute atomic E-state index is 0.490. The SMILES string of the molecule is OC1(CCOc2ccccc2)CC2CCCC(C1)N2Cc1ccccc1. The number of benzene rings is 2. The maximum Gasteiger partial charge on any atom is 0.119 e. The highest BCUT2D eigenvalue weighted by molar-refractivity contribution is 5.21. The molecule has 2 fully saturated rings. The number of hydrogen-bond donors (Lipinski definition) is 1. The van der Waals surface area contributed by atoms with Crippen molar-refractivity contribution in [2.24, 2.45) is 0 Å². The van der Waals surface area contributed by atoms with Gasteiger partial charge in [-0.25, -0.2) is 0 Å². The lowest BCUT2D eigenvalue weighted by atomic mass is 9.74. The zero-order valence-corrected chi connectivity index (χ0v) is 15.4. The van der Waals surface area contributed by atoms with E-state index >= 15 is 0 Å². The second-order valence-electron chi connectivity index (χ2n) is 7.94. The van der Waals surface area contributed by atoms with E-state index in [0.29, 0.717) is 25.1 Å². The molecule has 138 valence electrons. The highest BCUT2D eigenvalue weighted by Gasteiger charge is 2.45. The van der Waals surface area contributed by atoms with E-state index in [1.807, 2.05) is 30.3 Å². The Balaban J connectivity index is 1.37. The molecule has 2 aromatic carbocycles. The van der Waals surface area contributed by atoms with Gasteiger partial charge in [0.15, 0.2) is 0 Å². The van der Waals surface area contributed by atoms with Crippen LogP contribution >= 0.6 is 0 Å². The van der Waals surface area contributed by atoms with Crippen molar-refractivity contribution in [1.29, 1.82) is 0 Å². The van der Waals surface area contributed by atoms with Gasteiger partial charge in [-0.2, -0.15) is 0 Å². The number of rotatable bonds is 6. The molecular weight excluding hydrogens is 322 g/mol. The molecule has 0 amide bonds. The quantitative estimate of drug-likeness (QED) is 0.837. The van der Waals surface area contributed by atoms with Gasteiger partial charge in [-0.1, -0.05) is 55.0 Å².